The molecule has 1 fully saturated rings. The Labute approximate surface area is 199 Å². The number of anilines is 1. The molecule has 0 saturated carbocycles. The van der Waals surface area contributed by atoms with Crippen molar-refractivity contribution in [3.63, 3.8) is 0 Å². The zero-order chi connectivity index (χ0) is 24.3. The maximum atomic E-state index is 13.2. The van der Waals surface area contributed by atoms with Gasteiger partial charge >= 0.3 is 6.18 Å². The molecular weight excluding hydrogens is 467 g/mol. The van der Waals surface area contributed by atoms with Crippen molar-refractivity contribution in [2.75, 3.05) is 37.6 Å². The second kappa shape index (κ2) is 10.3. The van der Waals surface area contributed by atoms with Gasteiger partial charge in [0, 0.05) is 25.6 Å². The molecule has 3 aromatic heterocycles. The van der Waals surface area contributed by atoms with Crippen LogP contribution in [0.4, 0.5) is 19.0 Å². The number of nitrogens with one attached hydrogen (secondary N) is 1. The zero-order valence-electron chi connectivity index (χ0n) is 19.1. The van der Waals surface area contributed by atoms with E-state index in [1.54, 1.807) is 17.4 Å². The Bertz CT molecular complexity index is 1090. The standard InChI is InChI=1S/C22H28F3N7OS/c1-3-30(4-2)17(16-9-12-34-14-16)13-26-20(33)15-7-10-31(11-8-15)19-6-5-18-27-28-21(22(23,24)25)32(18)29-19/h5-6,9,12,14-15,17H,3-4,7-8,10-11,13H2,1-2H3,(H,26,33). The molecule has 1 aliphatic rings. The molecular formula is C22H28F3N7OS. The summed E-state index contributed by atoms with van der Waals surface area (Å²) in [5.41, 5.74) is 1.25. The van der Waals surface area contributed by atoms with E-state index in [1.165, 1.54) is 11.6 Å². The summed E-state index contributed by atoms with van der Waals surface area (Å²) in [7, 11) is 0. The minimum Gasteiger partial charge on any atom is -0.355 e. The summed E-state index contributed by atoms with van der Waals surface area (Å²) in [5, 5.41) is 18.2. The number of rotatable bonds is 8. The highest BCUT2D eigenvalue weighted by molar-refractivity contribution is 7.08. The van der Waals surface area contributed by atoms with Crippen molar-refractivity contribution in [3.05, 3.63) is 40.3 Å². The van der Waals surface area contributed by atoms with E-state index in [0.717, 1.165) is 17.6 Å². The van der Waals surface area contributed by atoms with Gasteiger partial charge in [-0.3, -0.25) is 9.69 Å². The van der Waals surface area contributed by atoms with Crippen LogP contribution in [0.2, 0.25) is 0 Å². The average Bonchev–Trinajstić information content (AvgIpc) is 3.51. The molecule has 12 heteroatoms. The summed E-state index contributed by atoms with van der Waals surface area (Å²) in [4.78, 5) is 17.1. The fourth-order valence-electron chi connectivity index (χ4n) is 4.42. The molecule has 8 nitrogen and oxygen atoms in total. The van der Waals surface area contributed by atoms with Gasteiger partial charge in [-0.2, -0.15) is 29.0 Å². The van der Waals surface area contributed by atoms with E-state index in [4.69, 9.17) is 0 Å². The van der Waals surface area contributed by atoms with Crippen LogP contribution in [-0.2, 0) is 11.0 Å². The summed E-state index contributed by atoms with van der Waals surface area (Å²) >= 11 is 1.65. The first-order valence-electron chi connectivity index (χ1n) is 11.4. The van der Waals surface area contributed by atoms with E-state index in [1.807, 2.05) is 10.3 Å². The molecule has 184 valence electrons. The first-order chi connectivity index (χ1) is 16.3. The highest BCUT2D eigenvalue weighted by atomic mass is 32.1. The number of nitrogens with zero attached hydrogens (tertiary/aromatic N) is 6. The Morgan fingerprint density at radius 2 is 1.94 bits per heavy atom. The van der Waals surface area contributed by atoms with Crippen LogP contribution in [-0.4, -0.2) is 63.3 Å². The molecule has 0 spiro atoms. The van der Waals surface area contributed by atoms with Crippen LogP contribution < -0.4 is 10.2 Å². The number of hydrogen-bond donors (Lipinski definition) is 1. The van der Waals surface area contributed by atoms with Crippen molar-refractivity contribution in [3.8, 4) is 0 Å². The molecule has 1 amide bonds. The smallest absolute Gasteiger partial charge is 0.355 e. The lowest BCUT2D eigenvalue weighted by Gasteiger charge is -2.33. The first kappa shape index (κ1) is 24.4. The number of amides is 1. The molecule has 4 heterocycles. The second-order valence-electron chi connectivity index (χ2n) is 8.28. The number of likely N-dealkylation sites (N-methyl/N-ethyl adjacent to an activating group) is 1. The number of hydrogen-bond acceptors (Lipinski definition) is 7. The van der Waals surface area contributed by atoms with Crippen LogP contribution in [0.5, 0.6) is 0 Å². The third kappa shape index (κ3) is 5.17. The number of fused-ring (bicyclic) bond motifs is 1. The zero-order valence-corrected chi connectivity index (χ0v) is 19.9. The Balaban J connectivity index is 1.36. The summed E-state index contributed by atoms with van der Waals surface area (Å²) in [5.74, 6) is -0.850. The number of alkyl halides is 3. The lowest BCUT2D eigenvalue weighted by molar-refractivity contribution is -0.146. The number of carbonyl (C=O) groups excluding carboxylic acids is 1. The first-order valence-corrected chi connectivity index (χ1v) is 12.3. The van der Waals surface area contributed by atoms with Gasteiger partial charge in [0.1, 0.15) is 5.82 Å². The third-order valence-electron chi connectivity index (χ3n) is 6.34. The predicted octanol–water partition coefficient (Wildman–Crippen LogP) is 3.62. The maximum Gasteiger partial charge on any atom is 0.453 e. The number of piperidine rings is 1. The van der Waals surface area contributed by atoms with E-state index < -0.39 is 12.0 Å². The second-order valence-corrected chi connectivity index (χ2v) is 9.06. The van der Waals surface area contributed by atoms with E-state index >= 15 is 0 Å². The fourth-order valence-corrected chi connectivity index (χ4v) is 5.13. The van der Waals surface area contributed by atoms with Crippen LogP contribution in [0.25, 0.3) is 5.65 Å². The quantitative estimate of drug-likeness (QED) is 0.514. The van der Waals surface area contributed by atoms with Gasteiger partial charge in [-0.05, 0) is 60.5 Å². The number of thiophene rings is 1. The topological polar surface area (TPSA) is 78.7 Å². The van der Waals surface area contributed by atoms with Crippen molar-refractivity contribution in [1.82, 2.24) is 30.0 Å². The van der Waals surface area contributed by atoms with Crippen molar-refractivity contribution < 1.29 is 18.0 Å². The highest BCUT2D eigenvalue weighted by Gasteiger charge is 2.38. The molecule has 3 aromatic rings. The normalized spacial score (nSPS) is 16.4. The molecule has 4 rings (SSSR count). The van der Waals surface area contributed by atoms with Crippen molar-refractivity contribution in [1.29, 1.82) is 0 Å². The minimum absolute atomic E-state index is 0.0219. The molecule has 0 bridgehead atoms. The fraction of sp³-hybridized carbons (Fsp3) is 0.545. The molecule has 0 aliphatic carbocycles. The van der Waals surface area contributed by atoms with Crippen LogP contribution in [0.15, 0.2) is 29.0 Å². The summed E-state index contributed by atoms with van der Waals surface area (Å²) in [6, 6.07) is 5.34. The average molecular weight is 496 g/mol. The Morgan fingerprint density at radius 1 is 1.21 bits per heavy atom. The summed E-state index contributed by atoms with van der Waals surface area (Å²) in [6.07, 6.45) is -3.43. The van der Waals surface area contributed by atoms with Gasteiger partial charge in [0.05, 0.1) is 6.04 Å². The third-order valence-corrected chi connectivity index (χ3v) is 7.04. The Morgan fingerprint density at radius 3 is 2.56 bits per heavy atom. The molecule has 0 aromatic carbocycles. The lowest BCUT2D eigenvalue weighted by atomic mass is 9.95. The van der Waals surface area contributed by atoms with Crippen LogP contribution >= 0.6 is 11.3 Å². The van der Waals surface area contributed by atoms with Gasteiger partial charge in [0.2, 0.25) is 5.91 Å². The predicted molar refractivity (Wildman–Crippen MR) is 124 cm³/mol. The molecule has 1 unspecified atom stereocenters. The molecule has 0 radical (unpaired) electrons. The van der Waals surface area contributed by atoms with Crippen LogP contribution in [0.3, 0.4) is 0 Å². The van der Waals surface area contributed by atoms with Crippen molar-refractivity contribution >= 4 is 28.7 Å². The number of carbonyl (C=O) groups is 1. The number of halogens is 3. The van der Waals surface area contributed by atoms with E-state index in [0.29, 0.717) is 38.3 Å². The Kier molecular flexibility index (Phi) is 7.36. The van der Waals surface area contributed by atoms with Crippen LogP contribution in [0, 0.1) is 5.92 Å². The van der Waals surface area contributed by atoms with E-state index in [2.05, 4.69) is 50.8 Å². The van der Waals surface area contributed by atoms with Gasteiger partial charge in [0.15, 0.2) is 5.65 Å². The van der Waals surface area contributed by atoms with Gasteiger partial charge in [-0.1, -0.05) is 13.8 Å². The SMILES string of the molecule is CCN(CC)C(CNC(=O)C1CCN(c2ccc3nnc(C(F)(F)F)n3n2)CC1)c1ccsc1. The number of aromatic nitrogens is 4. The lowest BCUT2D eigenvalue weighted by Crippen LogP contribution is -2.43. The molecule has 1 aliphatic heterocycles. The molecule has 1 saturated heterocycles. The highest BCUT2D eigenvalue weighted by Crippen LogP contribution is 2.29. The van der Waals surface area contributed by atoms with Crippen molar-refractivity contribution in [2.45, 2.75) is 38.9 Å². The monoisotopic (exact) mass is 495 g/mol. The largest absolute Gasteiger partial charge is 0.453 e. The minimum atomic E-state index is -4.64. The van der Waals surface area contributed by atoms with Gasteiger partial charge < -0.3 is 10.2 Å². The summed E-state index contributed by atoms with van der Waals surface area (Å²) < 4.78 is 40.2. The van der Waals surface area contributed by atoms with Gasteiger partial charge in [0.25, 0.3) is 5.82 Å². The van der Waals surface area contributed by atoms with Gasteiger partial charge in [-0.15, -0.1) is 15.3 Å². The van der Waals surface area contributed by atoms with Gasteiger partial charge in [-0.25, -0.2) is 0 Å². The molecule has 34 heavy (non-hydrogen) atoms. The van der Waals surface area contributed by atoms with E-state index in [9.17, 15) is 18.0 Å². The Hall–Kier alpha value is -2.73. The molecule has 1 N–H and O–H groups in total. The van der Waals surface area contributed by atoms with E-state index in [-0.39, 0.29) is 23.5 Å². The maximum absolute atomic E-state index is 13.2. The van der Waals surface area contributed by atoms with Crippen molar-refractivity contribution in [2.24, 2.45) is 5.92 Å². The molecule has 1 atom stereocenters. The van der Waals surface area contributed by atoms with Crippen LogP contribution in [0.1, 0.15) is 44.1 Å². The summed E-state index contributed by atoms with van der Waals surface area (Å²) in [6.45, 7) is 7.63.